The Bertz CT molecular complexity index is 6870. The van der Waals surface area contributed by atoms with Gasteiger partial charge >= 0.3 is 17.9 Å². The predicted molar refractivity (Wildman–Crippen MR) is 546 cm³/mol. The molecule has 18 bridgehead atoms. The van der Waals surface area contributed by atoms with Gasteiger partial charge in [-0.2, -0.15) is 0 Å². The van der Waals surface area contributed by atoms with Gasteiger partial charge in [0.25, 0.3) is 0 Å². The molecule has 18 rings (SSSR count). The summed E-state index contributed by atoms with van der Waals surface area (Å²) in [6, 6.07) is 36.0. The third kappa shape index (κ3) is 27.5. The highest BCUT2D eigenvalue weighted by molar-refractivity contribution is 9.10. The molecular weight excluding hydrogens is 2090 g/mol. The quantitative estimate of drug-likeness (QED) is 0.0444. The van der Waals surface area contributed by atoms with Crippen LogP contribution in [0.4, 0.5) is 0 Å². The summed E-state index contributed by atoms with van der Waals surface area (Å²) in [6.07, 6.45) is 12.8. The summed E-state index contributed by atoms with van der Waals surface area (Å²) in [4.78, 5) is 36.5. The van der Waals surface area contributed by atoms with Gasteiger partial charge in [-0.05, 0) is 225 Å². The van der Waals surface area contributed by atoms with Gasteiger partial charge in [0, 0.05) is 159 Å². The third-order valence-electron chi connectivity index (χ3n) is 21.8. The molecule has 0 atom stereocenters. The van der Waals surface area contributed by atoms with Crippen molar-refractivity contribution in [2.75, 3.05) is 0 Å². The van der Waals surface area contributed by atoms with E-state index >= 15 is 0 Å². The average Bonchev–Trinajstić information content (AvgIpc) is 0.808. The zero-order valence-electron chi connectivity index (χ0n) is 75.7. The molecule has 0 spiro atoms. The Hall–Kier alpha value is -12.7. The molecule has 24 nitrogen and oxygen atoms in total. The summed E-state index contributed by atoms with van der Waals surface area (Å²) in [6.45, 7) is 11.6. The van der Waals surface area contributed by atoms with Crippen LogP contribution < -0.4 is 42.6 Å². The van der Waals surface area contributed by atoms with Crippen molar-refractivity contribution in [1.82, 2.24) is 0 Å². The number of carbonyl (C=O) groups excluding carboxylic acids is 3. The lowest BCUT2D eigenvalue weighted by Gasteiger charge is -2.19. The molecule has 0 saturated carbocycles. The standard InChI is InChI=1S/C42H39Cl3O8.C32H24BrCl3O8.C32H24Cl4O8/c1-22-8-9-31-20-38(35(45)21-36(31)49-26(5)46)53-42-32(13-23(2)14-39(42)50-27(6)47)18-33(43)11-10-30-19-37(34(44)16-24(30)3)52-41-25(4)15-29(12-22)17-40(41)51-28(7)48;33-22-13-24(38)16-2-4-20(35)8-18-9-21(37)12-28(42)31(18)44-30-11-17(25(39)14-23(30)36)1-3-19(34)5-15-6-26(40)32(27(41)7-15)43-29(22)10-16;33-19-3-1-16-10-29(22(35)13-24(16)38)43-31-18(9-21(37)12-28(31)42)8-20(34)4-2-17-11-30(23(36)14-25(17)39)44-32-26(40)6-15(5-19)7-27(32)41/h8,11,13-17,19-21H,9-10,12,18H2,1-7H3;2*3-4,6-7,9-14,37-42H,1-2,5,8H2/b22-8-,33-11+;2*19-3+,20-4+. The van der Waals surface area contributed by atoms with E-state index in [0.717, 1.165) is 45.5 Å². The number of aromatic hydroxyl groups is 12. The van der Waals surface area contributed by atoms with Crippen molar-refractivity contribution in [2.45, 2.75) is 126 Å². The summed E-state index contributed by atoms with van der Waals surface area (Å²) >= 11 is 68.8. The molecule has 0 fully saturated rings. The SMILES string of the molecule is CC(=O)Oc1cc(Cl)c2cc1C/C=C(/C)Cc1cc(C)c(c(OC(C)=O)c1)Oc1cc(c(C)cc1Cl)C/C=C(/Cl)Cc1cc(C)cc(OC(C)=O)c1O2.Oc1cc(O)c2c(c1)C/C(Cl)=C\Cc1cc(c(Br)cc1O)Oc1c(O)cc(cc1O)C/C(Cl)=C\Cc1cc(c(Cl)cc1O)O2.Oc1cc(O)c2c(c1)C/C(Cl)=C\Cc1cc(c(Cl)cc1O)Oc1c(O)cc(cc1O)C/C(Cl)=C\Cc1cc(c(Cl)cc1O)O2. The first-order valence-corrected chi connectivity index (χ1v) is 47.5. The van der Waals surface area contributed by atoms with Crippen molar-refractivity contribution in [1.29, 1.82) is 0 Å². The molecule has 141 heavy (non-hydrogen) atoms. The number of allylic oxidation sites excluding steroid dienone is 12. The van der Waals surface area contributed by atoms with Crippen LogP contribution in [-0.2, 0) is 91.4 Å². The largest absolute Gasteiger partial charge is 0.508 e. The van der Waals surface area contributed by atoms with Gasteiger partial charge in [0.1, 0.15) is 74.7 Å². The molecule has 6 aliphatic rings. The lowest BCUT2D eigenvalue weighted by molar-refractivity contribution is -0.132. The Balaban J connectivity index is 0.000000179. The number of hydrogen-bond donors (Lipinski definition) is 12. The minimum absolute atomic E-state index is 0.00551. The number of benzene rings is 12. The van der Waals surface area contributed by atoms with Crippen LogP contribution in [-0.4, -0.2) is 79.2 Å². The maximum Gasteiger partial charge on any atom is 0.308 e. The highest BCUT2D eigenvalue weighted by atomic mass is 79.9. The number of phenols is 12. The summed E-state index contributed by atoms with van der Waals surface area (Å²) in [5, 5.41) is 129. The number of halogens is 11. The van der Waals surface area contributed by atoms with E-state index in [2.05, 4.69) is 15.9 Å². The topological polar surface area (TPSA) is 377 Å². The fourth-order valence-electron chi connectivity index (χ4n) is 15.2. The molecule has 0 saturated heterocycles. The van der Waals surface area contributed by atoms with Crippen molar-refractivity contribution >= 4 is 150 Å². The highest BCUT2D eigenvalue weighted by Gasteiger charge is 2.28. The number of phenolic OH excluding ortho intramolecular Hbond substituents is 12. The van der Waals surface area contributed by atoms with E-state index < -0.39 is 17.9 Å². The van der Waals surface area contributed by atoms with E-state index in [-0.39, 0.29) is 232 Å². The van der Waals surface area contributed by atoms with Gasteiger partial charge in [0.15, 0.2) is 69.0 Å². The monoisotopic (exact) mass is 2170 g/mol. The van der Waals surface area contributed by atoms with Gasteiger partial charge in [-0.3, -0.25) is 14.4 Å². The first kappa shape index (κ1) is 106. The molecule has 0 amide bonds. The van der Waals surface area contributed by atoms with Crippen LogP contribution in [0.3, 0.4) is 0 Å². The number of aryl methyl sites for hydroxylation is 3. The minimum atomic E-state index is -0.528. The predicted octanol–water partition coefficient (Wildman–Crippen LogP) is 29.2. The normalized spacial score (nSPS) is 15.8. The van der Waals surface area contributed by atoms with E-state index in [0.29, 0.717) is 111 Å². The number of hydrogen-bond acceptors (Lipinski definition) is 24. The molecule has 732 valence electrons. The fourth-order valence-corrected chi connectivity index (χ4v) is 17.8. The Morgan fingerprint density at radius 1 is 0.262 bits per heavy atom. The van der Waals surface area contributed by atoms with Crippen LogP contribution in [0.1, 0.15) is 111 Å². The molecule has 12 aromatic carbocycles. The molecule has 0 aliphatic carbocycles. The Labute approximate surface area is 867 Å². The molecule has 6 heterocycles. The third-order valence-corrected chi connectivity index (χ3v) is 25.4. The molecule has 6 aliphatic heterocycles. The van der Waals surface area contributed by atoms with Crippen LogP contribution in [0.5, 0.6) is 155 Å². The summed E-state index contributed by atoms with van der Waals surface area (Å²) in [5.41, 5.74) is 9.69. The second-order valence-electron chi connectivity index (χ2n) is 33.1. The van der Waals surface area contributed by atoms with E-state index in [9.17, 15) is 75.7 Å². The second-order valence-corrected chi connectivity index (χ2v) is 38.4. The maximum absolute atomic E-state index is 12.2. The van der Waals surface area contributed by atoms with Crippen molar-refractivity contribution in [2.24, 2.45) is 0 Å². The zero-order valence-corrected chi connectivity index (χ0v) is 84.9. The zero-order chi connectivity index (χ0) is 102. The van der Waals surface area contributed by atoms with E-state index in [1.54, 1.807) is 42.5 Å². The first-order valence-electron chi connectivity index (χ1n) is 43.0. The van der Waals surface area contributed by atoms with Gasteiger partial charge in [0.05, 0.1) is 29.6 Å². The Morgan fingerprint density at radius 3 is 1.01 bits per heavy atom. The lowest BCUT2D eigenvalue weighted by Crippen LogP contribution is -2.07. The van der Waals surface area contributed by atoms with Gasteiger partial charge in [-0.15, -0.1) is 0 Å². The number of fused-ring (bicyclic) bond motifs is 18. The van der Waals surface area contributed by atoms with Crippen molar-refractivity contribution in [3.8, 4) is 155 Å². The van der Waals surface area contributed by atoms with Crippen LogP contribution in [0.2, 0.25) is 25.1 Å². The second kappa shape index (κ2) is 46.3. The summed E-state index contributed by atoms with van der Waals surface area (Å²) in [7, 11) is 0. The number of rotatable bonds is 3. The molecule has 0 radical (unpaired) electrons. The van der Waals surface area contributed by atoms with Gasteiger partial charge in [-0.1, -0.05) is 170 Å². The molecule has 35 heteroatoms. The number of ether oxygens (including phenoxy) is 9. The molecule has 0 unspecified atom stereocenters. The highest BCUT2D eigenvalue weighted by Crippen LogP contribution is 2.52. The molecular formula is C106H87BrCl10O24. The van der Waals surface area contributed by atoms with E-state index in [1.807, 2.05) is 64.1 Å². The Morgan fingerprint density at radius 2 is 0.574 bits per heavy atom. The molecule has 12 N–H and O–H groups in total. The lowest BCUT2D eigenvalue weighted by atomic mass is 10.0. The number of carbonyl (C=O) groups is 3. The van der Waals surface area contributed by atoms with Crippen molar-refractivity contribution in [3.63, 3.8) is 0 Å². The first-order chi connectivity index (χ1) is 66.8. The smallest absolute Gasteiger partial charge is 0.308 e. The van der Waals surface area contributed by atoms with Gasteiger partial charge < -0.3 is 104 Å². The minimum Gasteiger partial charge on any atom is -0.508 e. The van der Waals surface area contributed by atoms with Gasteiger partial charge in [0.2, 0.25) is 11.5 Å². The Kier molecular flexibility index (Phi) is 34.7. The van der Waals surface area contributed by atoms with E-state index in [4.69, 9.17) is 159 Å². The van der Waals surface area contributed by atoms with Crippen molar-refractivity contribution in [3.05, 3.63) is 326 Å². The van der Waals surface area contributed by atoms with E-state index in [1.165, 1.54) is 112 Å². The average molecular weight is 2180 g/mol. The maximum atomic E-state index is 12.2. The van der Waals surface area contributed by atoms with Crippen LogP contribution in [0.15, 0.2) is 217 Å². The van der Waals surface area contributed by atoms with Crippen LogP contribution in [0.25, 0.3) is 0 Å². The van der Waals surface area contributed by atoms with Crippen LogP contribution in [0, 0.1) is 20.8 Å². The molecule has 0 aromatic heterocycles. The van der Waals surface area contributed by atoms with Crippen molar-refractivity contribution < 1.29 is 118 Å². The van der Waals surface area contributed by atoms with Crippen LogP contribution >= 0.6 is 132 Å². The molecule has 12 aromatic rings. The summed E-state index contributed by atoms with van der Waals surface area (Å²) < 4.78 is 53.6. The fraction of sp³-hybridized carbons (Fsp3) is 0.179. The number of esters is 3. The van der Waals surface area contributed by atoms with Gasteiger partial charge in [-0.25, -0.2) is 0 Å². The summed E-state index contributed by atoms with van der Waals surface area (Å²) in [5.74, 6) is -2.58.